The lowest BCUT2D eigenvalue weighted by Gasteiger charge is -2.18. The van der Waals surface area contributed by atoms with Crippen LogP contribution in [0.2, 0.25) is 5.02 Å². The second-order valence-corrected chi connectivity index (χ2v) is 12.5. The monoisotopic (exact) mass is 598 g/mol. The van der Waals surface area contributed by atoms with Crippen LogP contribution < -0.4 is 10.6 Å². The third kappa shape index (κ3) is 7.46. The number of rotatable bonds is 13. The highest BCUT2D eigenvalue weighted by Crippen LogP contribution is 2.45. The highest BCUT2D eigenvalue weighted by Gasteiger charge is 2.25. The lowest BCUT2D eigenvalue weighted by atomic mass is 10.0. The smallest absolute Gasteiger partial charge is 0.360 e. The van der Waals surface area contributed by atoms with Gasteiger partial charge in [-0.15, -0.1) is 0 Å². The first-order valence-corrected chi connectivity index (χ1v) is 15.4. The lowest BCUT2D eigenvalue weighted by Crippen LogP contribution is -2.32. The van der Waals surface area contributed by atoms with Gasteiger partial charge in [0.05, 0.1) is 18.0 Å². The molecule has 2 atom stereocenters. The SMILES string of the molecule is CCOC(=O)c1cc2cc(CC(C)NC[C@H](O)c3cccc(Cl)c3)ccc2n1Cc1cccc(P(=O)(OC)OC)c1. The molecular weight excluding hydrogens is 563 g/mol. The summed E-state index contributed by atoms with van der Waals surface area (Å²) in [6.07, 6.45) is 0.0590. The molecule has 0 amide bonds. The Balaban J connectivity index is 1.55. The maximum atomic E-state index is 12.9. The van der Waals surface area contributed by atoms with Crippen LogP contribution in [0, 0.1) is 0 Å². The van der Waals surface area contributed by atoms with E-state index in [1.807, 2.05) is 41.0 Å². The Labute approximate surface area is 245 Å². The van der Waals surface area contributed by atoms with Crippen molar-refractivity contribution < 1.29 is 28.3 Å². The molecule has 0 aliphatic carbocycles. The third-order valence-electron chi connectivity index (χ3n) is 6.93. The van der Waals surface area contributed by atoms with Crippen LogP contribution in [0.4, 0.5) is 0 Å². The normalized spacial score (nSPS) is 13.3. The van der Waals surface area contributed by atoms with Gasteiger partial charge in [-0.25, -0.2) is 4.79 Å². The van der Waals surface area contributed by atoms with Gasteiger partial charge in [0.1, 0.15) is 5.69 Å². The zero-order chi connectivity index (χ0) is 29.6. The molecule has 2 N–H and O–H groups in total. The highest BCUT2D eigenvalue weighted by molar-refractivity contribution is 7.62. The standard InChI is InChI=1S/C31H36ClN2O6P/c1-5-40-31(36)29-18-25-15-22(14-21(2)33-19-30(35)24-9-7-10-26(32)17-24)12-13-28(25)34(29)20-23-8-6-11-27(16-23)41(37,38-3)39-4/h6-13,15-18,21,30,33,35H,5,14,19-20H2,1-4H3/t21?,30-/m0/s1. The number of halogens is 1. The van der Waals surface area contributed by atoms with Crippen LogP contribution in [0.5, 0.6) is 0 Å². The number of aliphatic hydroxyl groups is 1. The van der Waals surface area contributed by atoms with E-state index >= 15 is 0 Å². The van der Waals surface area contributed by atoms with Crippen molar-refractivity contribution in [2.75, 3.05) is 27.4 Å². The van der Waals surface area contributed by atoms with Crippen molar-refractivity contribution in [3.8, 4) is 0 Å². The Morgan fingerprint density at radius 2 is 1.78 bits per heavy atom. The molecule has 3 aromatic carbocycles. The van der Waals surface area contributed by atoms with Crippen molar-refractivity contribution in [1.82, 2.24) is 9.88 Å². The molecule has 218 valence electrons. The number of nitrogens with zero attached hydrogens (tertiary/aromatic N) is 1. The summed E-state index contributed by atoms with van der Waals surface area (Å²) < 4.78 is 30.5. The molecule has 0 bridgehead atoms. The van der Waals surface area contributed by atoms with E-state index in [9.17, 15) is 14.5 Å². The second kappa shape index (κ2) is 13.8. The van der Waals surface area contributed by atoms with Crippen molar-refractivity contribution in [1.29, 1.82) is 0 Å². The maximum absolute atomic E-state index is 12.9. The first kappa shape index (κ1) is 31.0. The second-order valence-electron chi connectivity index (χ2n) is 9.85. The van der Waals surface area contributed by atoms with Gasteiger partial charge in [0, 0.05) is 49.3 Å². The van der Waals surface area contributed by atoms with Crippen LogP contribution in [0.3, 0.4) is 0 Å². The average molecular weight is 599 g/mol. The summed E-state index contributed by atoms with van der Waals surface area (Å²) in [6.45, 7) is 4.85. The fourth-order valence-corrected chi connectivity index (χ4v) is 6.22. The molecule has 0 spiro atoms. The van der Waals surface area contributed by atoms with Gasteiger partial charge >= 0.3 is 13.6 Å². The summed E-state index contributed by atoms with van der Waals surface area (Å²) in [5.74, 6) is -0.411. The number of aliphatic hydroxyl groups excluding tert-OH is 1. The molecule has 0 saturated heterocycles. The molecule has 4 aromatic rings. The quantitative estimate of drug-likeness (QED) is 0.146. The van der Waals surface area contributed by atoms with Gasteiger partial charge in [-0.3, -0.25) is 4.57 Å². The third-order valence-corrected chi connectivity index (χ3v) is 9.04. The van der Waals surface area contributed by atoms with Gasteiger partial charge in [0.25, 0.3) is 0 Å². The van der Waals surface area contributed by atoms with Crippen LogP contribution >= 0.6 is 19.2 Å². The fourth-order valence-electron chi connectivity index (χ4n) is 4.86. The van der Waals surface area contributed by atoms with E-state index in [0.29, 0.717) is 29.1 Å². The topological polar surface area (TPSA) is 99.0 Å². The van der Waals surface area contributed by atoms with E-state index in [2.05, 4.69) is 18.3 Å². The highest BCUT2D eigenvalue weighted by atomic mass is 35.5. The van der Waals surface area contributed by atoms with Crippen molar-refractivity contribution in [3.63, 3.8) is 0 Å². The van der Waals surface area contributed by atoms with Crippen molar-refractivity contribution in [3.05, 3.63) is 100 Å². The molecular formula is C31H36ClN2O6P. The number of carbonyl (C=O) groups excluding carboxylic acids is 1. The summed E-state index contributed by atoms with van der Waals surface area (Å²) in [5, 5.41) is 15.9. The Morgan fingerprint density at radius 1 is 1.02 bits per heavy atom. The first-order chi connectivity index (χ1) is 19.7. The fraction of sp³-hybridized carbons (Fsp3) is 0.323. The Hall–Kier alpha value is -2.97. The van der Waals surface area contributed by atoms with Crippen LogP contribution in [0.1, 0.15) is 47.1 Å². The van der Waals surface area contributed by atoms with E-state index in [1.54, 1.807) is 37.3 Å². The summed E-state index contributed by atoms with van der Waals surface area (Å²) in [4.78, 5) is 12.9. The van der Waals surface area contributed by atoms with E-state index in [-0.39, 0.29) is 12.6 Å². The molecule has 1 heterocycles. The van der Waals surface area contributed by atoms with Crippen molar-refractivity contribution in [2.24, 2.45) is 0 Å². The number of esters is 1. The molecule has 8 nitrogen and oxygen atoms in total. The Bertz CT molecular complexity index is 1550. The summed E-state index contributed by atoms with van der Waals surface area (Å²) in [7, 11) is -0.717. The number of aromatic nitrogens is 1. The summed E-state index contributed by atoms with van der Waals surface area (Å²) in [5.41, 5.74) is 4.00. The Kier molecular flexibility index (Phi) is 10.4. The number of benzene rings is 3. The zero-order valence-electron chi connectivity index (χ0n) is 23.7. The molecule has 0 saturated carbocycles. The van der Waals surface area contributed by atoms with Gasteiger partial charge in [0.2, 0.25) is 0 Å². The molecule has 0 fully saturated rings. The molecule has 0 aliphatic heterocycles. The van der Waals surface area contributed by atoms with Crippen molar-refractivity contribution >= 4 is 41.4 Å². The predicted molar refractivity (Wildman–Crippen MR) is 162 cm³/mol. The number of carbonyl (C=O) groups is 1. The molecule has 1 unspecified atom stereocenters. The van der Waals surface area contributed by atoms with E-state index < -0.39 is 19.7 Å². The summed E-state index contributed by atoms with van der Waals surface area (Å²) in [6, 6.07) is 22.4. The number of ether oxygens (including phenoxy) is 1. The number of fused-ring (bicyclic) bond motifs is 1. The van der Waals surface area contributed by atoms with Gasteiger partial charge in [-0.1, -0.05) is 41.9 Å². The first-order valence-electron chi connectivity index (χ1n) is 13.4. The zero-order valence-corrected chi connectivity index (χ0v) is 25.3. The number of nitrogens with one attached hydrogen (secondary N) is 1. The minimum Gasteiger partial charge on any atom is -0.461 e. The molecule has 10 heteroatoms. The van der Waals surface area contributed by atoms with Crippen LogP contribution in [-0.4, -0.2) is 49.1 Å². The number of hydrogen-bond donors (Lipinski definition) is 2. The van der Waals surface area contributed by atoms with Crippen LogP contribution in [0.25, 0.3) is 10.9 Å². The van der Waals surface area contributed by atoms with Crippen molar-refractivity contribution in [2.45, 2.75) is 39.0 Å². The van der Waals surface area contributed by atoms with E-state index in [0.717, 1.165) is 34.0 Å². The predicted octanol–water partition coefficient (Wildman–Crippen LogP) is 5.89. The van der Waals surface area contributed by atoms with Gasteiger partial charge in [0.15, 0.2) is 0 Å². The Morgan fingerprint density at radius 3 is 2.49 bits per heavy atom. The maximum Gasteiger partial charge on any atom is 0.360 e. The van der Waals surface area contributed by atoms with Crippen LogP contribution in [-0.2, 0) is 31.3 Å². The average Bonchev–Trinajstić information content (AvgIpc) is 3.33. The van der Waals surface area contributed by atoms with Gasteiger partial charge in [-0.2, -0.15) is 0 Å². The van der Waals surface area contributed by atoms with E-state index in [4.69, 9.17) is 25.4 Å². The minimum absolute atomic E-state index is 0.0906. The molecule has 1 aromatic heterocycles. The summed E-state index contributed by atoms with van der Waals surface area (Å²) >= 11 is 6.06. The van der Waals surface area contributed by atoms with Gasteiger partial charge < -0.3 is 28.8 Å². The number of hydrogen-bond acceptors (Lipinski definition) is 7. The molecule has 4 rings (SSSR count). The van der Waals surface area contributed by atoms with E-state index in [1.165, 1.54) is 14.2 Å². The molecule has 41 heavy (non-hydrogen) atoms. The van der Waals surface area contributed by atoms with Crippen LogP contribution in [0.15, 0.2) is 72.8 Å². The largest absolute Gasteiger partial charge is 0.461 e. The van der Waals surface area contributed by atoms with Gasteiger partial charge in [-0.05, 0) is 79.4 Å². The lowest BCUT2D eigenvalue weighted by molar-refractivity contribution is 0.0515. The molecule has 0 aliphatic rings. The minimum atomic E-state index is -3.42. The molecule has 0 radical (unpaired) electrons.